The van der Waals surface area contributed by atoms with E-state index < -0.39 is 26.3 Å². The normalized spacial score (nSPS) is 13.3. The van der Waals surface area contributed by atoms with E-state index in [4.69, 9.17) is 0 Å². The molecule has 6 heteroatoms. The van der Waals surface area contributed by atoms with Crippen LogP contribution in [0.5, 0.6) is 0 Å². The summed E-state index contributed by atoms with van der Waals surface area (Å²) in [6.45, 7) is 21.2. The van der Waals surface area contributed by atoms with Crippen molar-refractivity contribution >= 4 is 36.9 Å². The lowest BCUT2D eigenvalue weighted by atomic mass is 10.1. The summed E-state index contributed by atoms with van der Waals surface area (Å²) in [6.07, 6.45) is 0. The molecule has 0 aliphatic carbocycles. The van der Waals surface area contributed by atoms with Crippen LogP contribution in [0, 0.1) is 0 Å². The van der Waals surface area contributed by atoms with E-state index in [0.29, 0.717) is 0 Å². The van der Waals surface area contributed by atoms with E-state index in [9.17, 15) is 10.4 Å². The maximum Gasteiger partial charge on any atom is 0.0792 e. The minimum absolute atomic E-state index is 0.476. The lowest BCUT2D eigenvalue weighted by Crippen LogP contribution is -2.69. The van der Waals surface area contributed by atoms with Crippen LogP contribution in [0.2, 0.25) is 26.2 Å². The standard InChI is InChI=1S/C24H38N2O2Si2/c1-23(2,3)25(27)19-13-11-15-21(17-19)29(7,8)30(9,10)22-16-12-14-20(18-22)26(28)24(4,5)6/h11-18H,1-10H3. The molecule has 2 rings (SSSR count). The maximum atomic E-state index is 12.8. The van der Waals surface area contributed by atoms with Gasteiger partial charge in [-0.05, 0) is 65.8 Å². The van der Waals surface area contributed by atoms with Gasteiger partial charge in [0.2, 0.25) is 0 Å². The van der Waals surface area contributed by atoms with Crippen LogP contribution in [0.3, 0.4) is 0 Å². The summed E-state index contributed by atoms with van der Waals surface area (Å²) >= 11 is 0. The van der Waals surface area contributed by atoms with Crippen molar-refractivity contribution in [2.45, 2.75) is 78.8 Å². The number of anilines is 2. The first-order valence-electron chi connectivity index (χ1n) is 10.7. The van der Waals surface area contributed by atoms with Gasteiger partial charge in [0.15, 0.2) is 0 Å². The third-order valence-corrected chi connectivity index (χ3v) is 24.1. The molecule has 30 heavy (non-hydrogen) atoms. The average Bonchev–Trinajstić information content (AvgIpc) is 2.65. The number of nitrogens with zero attached hydrogens (tertiary/aromatic N) is 2. The van der Waals surface area contributed by atoms with Crippen LogP contribution in [-0.2, 0) is 10.4 Å². The molecular formula is C24H38N2O2Si2. The van der Waals surface area contributed by atoms with Crippen molar-refractivity contribution in [2.75, 3.05) is 10.1 Å². The summed E-state index contributed by atoms with van der Waals surface area (Å²) in [5.41, 5.74) is 0.488. The number of hydrogen-bond donors (Lipinski definition) is 0. The summed E-state index contributed by atoms with van der Waals surface area (Å²) < 4.78 is 0. The van der Waals surface area contributed by atoms with Crippen molar-refractivity contribution in [3.8, 4) is 0 Å². The van der Waals surface area contributed by atoms with Crippen LogP contribution >= 0.6 is 0 Å². The van der Waals surface area contributed by atoms with Crippen molar-refractivity contribution < 1.29 is 10.4 Å². The summed E-state index contributed by atoms with van der Waals surface area (Å²) in [4.78, 5) is 0. The zero-order valence-corrected chi connectivity index (χ0v) is 22.3. The Bertz CT molecular complexity index is 810. The van der Waals surface area contributed by atoms with Gasteiger partial charge in [-0.1, -0.05) is 71.2 Å². The van der Waals surface area contributed by atoms with Gasteiger partial charge in [0, 0.05) is 0 Å². The lowest BCUT2D eigenvalue weighted by molar-refractivity contribution is 0.102. The Balaban J connectivity index is 2.50. The van der Waals surface area contributed by atoms with E-state index in [1.165, 1.54) is 10.4 Å². The Labute approximate surface area is 184 Å². The van der Waals surface area contributed by atoms with Crippen molar-refractivity contribution in [1.82, 2.24) is 0 Å². The predicted molar refractivity (Wildman–Crippen MR) is 133 cm³/mol. The Hall–Kier alpha value is -1.61. The van der Waals surface area contributed by atoms with Gasteiger partial charge in [0.1, 0.15) is 0 Å². The Morgan fingerprint density at radius 3 is 1.17 bits per heavy atom. The molecule has 2 radical (unpaired) electrons. The van der Waals surface area contributed by atoms with Gasteiger partial charge in [-0.25, -0.2) is 10.1 Å². The fourth-order valence-electron chi connectivity index (χ4n) is 3.54. The topological polar surface area (TPSA) is 46.3 Å². The molecule has 2 aromatic rings. The zero-order chi connectivity index (χ0) is 23.1. The molecule has 0 saturated heterocycles. The van der Waals surface area contributed by atoms with Gasteiger partial charge in [-0.15, -0.1) is 0 Å². The van der Waals surface area contributed by atoms with E-state index in [2.05, 4.69) is 50.5 Å². The molecule has 4 nitrogen and oxygen atoms in total. The highest BCUT2D eigenvalue weighted by molar-refractivity contribution is 7.50. The molecule has 0 fully saturated rings. The number of hydroxylamine groups is 2. The predicted octanol–water partition coefficient (Wildman–Crippen LogP) is 5.20. The van der Waals surface area contributed by atoms with Crippen molar-refractivity contribution in [3.05, 3.63) is 48.5 Å². The van der Waals surface area contributed by atoms with E-state index in [1.54, 1.807) is 0 Å². The van der Waals surface area contributed by atoms with Crippen LogP contribution in [0.1, 0.15) is 41.5 Å². The van der Waals surface area contributed by atoms with E-state index in [-0.39, 0.29) is 0 Å². The smallest absolute Gasteiger partial charge is 0.0792 e. The molecule has 0 spiro atoms. The molecule has 0 saturated carbocycles. The largest absolute Gasteiger partial charge is 0.215 e. The lowest BCUT2D eigenvalue weighted by Gasteiger charge is -2.40. The van der Waals surface area contributed by atoms with Crippen LogP contribution in [-0.4, -0.2) is 26.3 Å². The van der Waals surface area contributed by atoms with Crippen LogP contribution in [0.25, 0.3) is 0 Å². The molecule has 164 valence electrons. The second-order valence-electron chi connectivity index (χ2n) is 11.3. The second-order valence-corrected chi connectivity index (χ2v) is 26.4. The molecule has 0 bridgehead atoms. The monoisotopic (exact) mass is 442 g/mol. The third kappa shape index (κ3) is 4.82. The summed E-state index contributed by atoms with van der Waals surface area (Å²) in [5.74, 6) is 0. The first kappa shape index (κ1) is 24.7. The summed E-state index contributed by atoms with van der Waals surface area (Å²) in [7, 11) is -3.87. The zero-order valence-electron chi connectivity index (χ0n) is 20.3. The number of hydrogen-bond acceptors (Lipinski definition) is 2. The van der Waals surface area contributed by atoms with E-state index >= 15 is 0 Å². The molecule has 0 aliphatic heterocycles. The van der Waals surface area contributed by atoms with Gasteiger partial charge in [0.25, 0.3) is 0 Å². The molecular weight excluding hydrogens is 404 g/mol. The van der Waals surface area contributed by atoms with Gasteiger partial charge in [-0.2, -0.15) is 0 Å². The Morgan fingerprint density at radius 2 is 0.900 bits per heavy atom. The fraction of sp³-hybridized carbons (Fsp3) is 0.500. The molecule has 0 aromatic heterocycles. The fourth-order valence-corrected chi connectivity index (χ4v) is 12.3. The number of rotatable bonds is 5. The minimum atomic E-state index is -1.94. The molecule has 0 N–H and O–H groups in total. The Kier molecular flexibility index (Phi) is 6.70. The SMILES string of the molecule is CC(C)(C)N([O])c1cccc([Si](C)(C)[Si](C)(C)c2cccc(N([O])C(C)(C)C)c2)c1. The maximum absolute atomic E-state index is 12.8. The van der Waals surface area contributed by atoms with Crippen LogP contribution < -0.4 is 20.5 Å². The van der Waals surface area contributed by atoms with Crippen LogP contribution in [0.15, 0.2) is 48.5 Å². The second kappa shape index (κ2) is 8.15. The van der Waals surface area contributed by atoms with Crippen LogP contribution in [0.4, 0.5) is 11.4 Å². The molecule has 2 aromatic carbocycles. The van der Waals surface area contributed by atoms with E-state index in [0.717, 1.165) is 21.5 Å². The first-order chi connectivity index (χ1) is 13.5. The van der Waals surface area contributed by atoms with E-state index in [1.807, 2.05) is 65.8 Å². The first-order valence-corrected chi connectivity index (χ1v) is 17.7. The Morgan fingerprint density at radius 1 is 0.600 bits per heavy atom. The molecule has 0 amide bonds. The highest BCUT2D eigenvalue weighted by atomic mass is 29.3. The van der Waals surface area contributed by atoms with Gasteiger partial charge in [0.05, 0.1) is 37.6 Å². The highest BCUT2D eigenvalue weighted by Gasteiger charge is 2.44. The molecule has 0 aliphatic rings. The van der Waals surface area contributed by atoms with Crippen molar-refractivity contribution in [3.63, 3.8) is 0 Å². The minimum Gasteiger partial charge on any atom is -0.215 e. The average molecular weight is 443 g/mol. The van der Waals surface area contributed by atoms with Gasteiger partial charge < -0.3 is 0 Å². The molecule has 0 unspecified atom stereocenters. The van der Waals surface area contributed by atoms with Gasteiger partial charge in [-0.3, -0.25) is 0 Å². The van der Waals surface area contributed by atoms with Gasteiger partial charge >= 0.3 is 0 Å². The molecule has 0 atom stereocenters. The highest BCUT2D eigenvalue weighted by Crippen LogP contribution is 2.27. The molecule has 0 heterocycles. The summed E-state index contributed by atoms with van der Waals surface area (Å²) in [6, 6.07) is 16.4. The number of benzene rings is 2. The summed E-state index contributed by atoms with van der Waals surface area (Å²) in [5, 5.41) is 30.4. The van der Waals surface area contributed by atoms with Crippen molar-refractivity contribution in [1.29, 1.82) is 0 Å². The van der Waals surface area contributed by atoms with Crippen molar-refractivity contribution in [2.24, 2.45) is 0 Å². The third-order valence-electron chi connectivity index (χ3n) is 6.39. The quantitative estimate of drug-likeness (QED) is 0.472.